The molecule has 18 heavy (non-hydrogen) atoms. The van der Waals surface area contributed by atoms with E-state index in [0.29, 0.717) is 16.6 Å². The largest absolute Gasteiger partial charge is 0.387 e. The van der Waals surface area contributed by atoms with Crippen LogP contribution >= 0.6 is 34.5 Å². The second-order valence-corrected chi connectivity index (χ2v) is 5.77. The lowest BCUT2D eigenvalue weighted by Gasteiger charge is -2.21. The maximum absolute atomic E-state index is 10.4. The van der Waals surface area contributed by atoms with Crippen molar-refractivity contribution < 1.29 is 5.11 Å². The van der Waals surface area contributed by atoms with Crippen molar-refractivity contribution in [3.63, 3.8) is 0 Å². The molecule has 0 spiro atoms. The van der Waals surface area contributed by atoms with Crippen molar-refractivity contribution in [2.45, 2.75) is 12.0 Å². The standard InChI is InChI=1S/C13H13Cl2NOS/c14-9-3-1-2-8(6-9)10(7-16)12(17)13-11(15)4-5-18-13/h1-6,10,12,17H,7,16H2. The molecule has 0 aliphatic rings. The maximum atomic E-state index is 10.4. The van der Waals surface area contributed by atoms with E-state index >= 15 is 0 Å². The topological polar surface area (TPSA) is 46.2 Å². The fourth-order valence-corrected chi connectivity index (χ4v) is 3.30. The molecule has 0 amide bonds. The highest BCUT2D eigenvalue weighted by Gasteiger charge is 2.24. The quantitative estimate of drug-likeness (QED) is 0.901. The molecule has 0 aliphatic carbocycles. The van der Waals surface area contributed by atoms with Gasteiger partial charge in [-0.1, -0.05) is 35.3 Å². The first-order chi connectivity index (χ1) is 8.63. The van der Waals surface area contributed by atoms with Gasteiger partial charge in [-0.25, -0.2) is 0 Å². The van der Waals surface area contributed by atoms with Crippen LogP contribution in [-0.2, 0) is 0 Å². The average molecular weight is 302 g/mol. The minimum Gasteiger partial charge on any atom is -0.387 e. The Morgan fingerprint density at radius 3 is 2.61 bits per heavy atom. The van der Waals surface area contributed by atoms with Gasteiger partial charge < -0.3 is 10.8 Å². The van der Waals surface area contributed by atoms with E-state index in [4.69, 9.17) is 28.9 Å². The van der Waals surface area contributed by atoms with Gasteiger partial charge in [0.1, 0.15) is 0 Å². The van der Waals surface area contributed by atoms with Gasteiger partial charge in [0.2, 0.25) is 0 Å². The highest BCUT2D eigenvalue weighted by Crippen LogP contribution is 2.37. The van der Waals surface area contributed by atoms with Crippen molar-refractivity contribution in [1.82, 2.24) is 0 Å². The van der Waals surface area contributed by atoms with E-state index in [9.17, 15) is 5.11 Å². The molecule has 0 saturated heterocycles. The second kappa shape index (κ2) is 6.04. The molecule has 2 unspecified atom stereocenters. The number of benzene rings is 1. The highest BCUT2D eigenvalue weighted by molar-refractivity contribution is 7.10. The van der Waals surface area contributed by atoms with E-state index in [1.807, 2.05) is 23.6 Å². The van der Waals surface area contributed by atoms with Crippen LogP contribution in [0.1, 0.15) is 22.5 Å². The molecule has 0 aliphatic heterocycles. The van der Waals surface area contributed by atoms with E-state index in [1.165, 1.54) is 11.3 Å². The summed E-state index contributed by atoms with van der Waals surface area (Å²) < 4.78 is 0. The third-order valence-corrected chi connectivity index (χ3v) is 4.49. The number of aliphatic hydroxyl groups excluding tert-OH is 1. The lowest BCUT2D eigenvalue weighted by Crippen LogP contribution is -2.19. The smallest absolute Gasteiger partial charge is 0.0977 e. The molecule has 1 aromatic carbocycles. The molecule has 0 radical (unpaired) electrons. The zero-order valence-corrected chi connectivity index (χ0v) is 11.8. The van der Waals surface area contributed by atoms with Crippen molar-refractivity contribution in [2.24, 2.45) is 5.73 Å². The Labute approximate surface area is 120 Å². The maximum Gasteiger partial charge on any atom is 0.0977 e. The SMILES string of the molecule is NCC(c1cccc(Cl)c1)C(O)c1sccc1Cl. The summed E-state index contributed by atoms with van der Waals surface area (Å²) in [5.41, 5.74) is 6.69. The van der Waals surface area contributed by atoms with Crippen LogP contribution < -0.4 is 5.73 Å². The highest BCUT2D eigenvalue weighted by atomic mass is 35.5. The fraction of sp³-hybridized carbons (Fsp3) is 0.231. The monoisotopic (exact) mass is 301 g/mol. The van der Waals surface area contributed by atoms with Gasteiger partial charge in [-0.15, -0.1) is 11.3 Å². The minimum atomic E-state index is -0.707. The number of hydrogen-bond acceptors (Lipinski definition) is 3. The van der Waals surface area contributed by atoms with Crippen LogP contribution in [0.5, 0.6) is 0 Å². The molecule has 96 valence electrons. The van der Waals surface area contributed by atoms with Crippen molar-refractivity contribution in [3.05, 3.63) is 56.2 Å². The van der Waals surface area contributed by atoms with Crippen molar-refractivity contribution in [3.8, 4) is 0 Å². The molecule has 1 aromatic heterocycles. The van der Waals surface area contributed by atoms with Crippen LogP contribution in [0.25, 0.3) is 0 Å². The fourth-order valence-electron chi connectivity index (χ4n) is 1.88. The van der Waals surface area contributed by atoms with E-state index in [2.05, 4.69) is 0 Å². The Bertz CT molecular complexity index is 529. The van der Waals surface area contributed by atoms with E-state index in [1.54, 1.807) is 12.1 Å². The van der Waals surface area contributed by atoms with E-state index in [0.717, 1.165) is 10.4 Å². The Kier molecular flexibility index (Phi) is 4.65. The first-order valence-electron chi connectivity index (χ1n) is 5.50. The van der Waals surface area contributed by atoms with Gasteiger partial charge in [0.25, 0.3) is 0 Å². The molecule has 1 heterocycles. The molecule has 2 atom stereocenters. The zero-order chi connectivity index (χ0) is 13.1. The number of nitrogens with two attached hydrogens (primary N) is 1. The molecular weight excluding hydrogens is 289 g/mol. The number of hydrogen-bond donors (Lipinski definition) is 2. The summed E-state index contributed by atoms with van der Waals surface area (Å²) in [5, 5.41) is 13.5. The summed E-state index contributed by atoms with van der Waals surface area (Å²) in [6, 6.07) is 9.15. The summed E-state index contributed by atoms with van der Waals surface area (Å²) in [5.74, 6) is -0.208. The lowest BCUT2D eigenvalue weighted by molar-refractivity contribution is 0.151. The van der Waals surface area contributed by atoms with E-state index < -0.39 is 6.10 Å². The second-order valence-electron chi connectivity index (χ2n) is 3.97. The normalized spacial score (nSPS) is 14.4. The van der Waals surface area contributed by atoms with Crippen LogP contribution in [0.4, 0.5) is 0 Å². The van der Waals surface area contributed by atoms with Crippen LogP contribution in [0, 0.1) is 0 Å². The van der Waals surface area contributed by atoms with Gasteiger partial charge in [0, 0.05) is 17.5 Å². The Morgan fingerprint density at radius 2 is 2.06 bits per heavy atom. The summed E-state index contributed by atoms with van der Waals surface area (Å²) in [7, 11) is 0. The Morgan fingerprint density at radius 1 is 1.28 bits per heavy atom. The number of halogens is 2. The molecular formula is C13H13Cl2NOS. The van der Waals surface area contributed by atoms with Crippen LogP contribution in [0.3, 0.4) is 0 Å². The van der Waals surface area contributed by atoms with Gasteiger partial charge in [0.15, 0.2) is 0 Å². The summed E-state index contributed by atoms with van der Waals surface area (Å²) in [6.07, 6.45) is -0.707. The predicted octanol–water partition coefficient (Wildman–Crippen LogP) is 3.83. The van der Waals surface area contributed by atoms with Gasteiger partial charge in [0.05, 0.1) is 16.0 Å². The van der Waals surface area contributed by atoms with Crippen molar-refractivity contribution in [1.29, 1.82) is 0 Å². The number of rotatable bonds is 4. The molecule has 0 fully saturated rings. The molecule has 0 saturated carbocycles. The first kappa shape index (κ1) is 13.8. The van der Waals surface area contributed by atoms with Crippen molar-refractivity contribution >= 4 is 34.5 Å². The predicted molar refractivity (Wildman–Crippen MR) is 77.5 cm³/mol. The number of thiophene rings is 1. The van der Waals surface area contributed by atoms with E-state index in [-0.39, 0.29) is 5.92 Å². The number of aliphatic hydroxyl groups is 1. The molecule has 2 rings (SSSR count). The van der Waals surface area contributed by atoms with Gasteiger partial charge >= 0.3 is 0 Å². The van der Waals surface area contributed by atoms with Crippen molar-refractivity contribution in [2.75, 3.05) is 6.54 Å². The molecule has 5 heteroatoms. The third-order valence-electron chi connectivity index (χ3n) is 2.83. The van der Waals surface area contributed by atoms with Crippen LogP contribution in [0.15, 0.2) is 35.7 Å². The van der Waals surface area contributed by atoms with Crippen LogP contribution in [-0.4, -0.2) is 11.7 Å². The minimum absolute atomic E-state index is 0.208. The first-order valence-corrected chi connectivity index (χ1v) is 7.13. The molecule has 0 bridgehead atoms. The Balaban J connectivity index is 2.32. The molecule has 2 aromatic rings. The molecule has 2 nitrogen and oxygen atoms in total. The summed E-state index contributed by atoms with van der Waals surface area (Å²) in [6.45, 7) is 0.329. The Hall–Kier alpha value is -0.580. The summed E-state index contributed by atoms with van der Waals surface area (Å²) >= 11 is 13.4. The van der Waals surface area contributed by atoms with Crippen LogP contribution in [0.2, 0.25) is 10.0 Å². The zero-order valence-electron chi connectivity index (χ0n) is 9.51. The lowest BCUT2D eigenvalue weighted by atomic mass is 9.92. The average Bonchev–Trinajstić information content (AvgIpc) is 2.76. The molecule has 3 N–H and O–H groups in total. The van der Waals surface area contributed by atoms with Gasteiger partial charge in [-0.2, -0.15) is 0 Å². The van der Waals surface area contributed by atoms with Gasteiger partial charge in [-0.3, -0.25) is 0 Å². The third kappa shape index (κ3) is 2.87. The van der Waals surface area contributed by atoms with Gasteiger partial charge in [-0.05, 0) is 29.1 Å². The summed E-state index contributed by atoms with van der Waals surface area (Å²) in [4.78, 5) is 0.743.